The maximum atomic E-state index is 12.4. The van der Waals surface area contributed by atoms with Gasteiger partial charge in [-0.3, -0.25) is 4.79 Å². The van der Waals surface area contributed by atoms with Crippen LogP contribution >= 0.6 is 0 Å². The Morgan fingerprint density at radius 3 is 2.37 bits per heavy atom. The number of unbranched alkanes of at least 4 members (excludes halogenated alkanes) is 3. The fourth-order valence-electron chi connectivity index (χ4n) is 4.08. The highest BCUT2D eigenvalue weighted by Gasteiger charge is 2.12. The number of hydrogen-bond donors (Lipinski definition) is 2. The van der Waals surface area contributed by atoms with Crippen LogP contribution in [0, 0.1) is 5.92 Å². The number of carbonyl (C=O) groups excluding carboxylic acids is 2. The Balaban J connectivity index is 1.54. The van der Waals surface area contributed by atoms with Crippen molar-refractivity contribution < 1.29 is 14.7 Å². The van der Waals surface area contributed by atoms with Crippen LogP contribution < -0.4 is 15.7 Å². The second-order valence-corrected chi connectivity index (χ2v) is 9.04. The average Bonchev–Trinajstić information content (AvgIpc) is 2.89. The smallest absolute Gasteiger partial charge is 0.223 e. The number of carboxylic acids is 1. The molecule has 0 heterocycles. The van der Waals surface area contributed by atoms with E-state index in [1.807, 2.05) is 49.4 Å². The van der Waals surface area contributed by atoms with Crippen LogP contribution in [0.1, 0.15) is 67.4 Å². The summed E-state index contributed by atoms with van der Waals surface area (Å²) in [4.78, 5) is 23.7. The van der Waals surface area contributed by atoms with Gasteiger partial charge in [0.2, 0.25) is 5.91 Å². The Kier molecular flexibility index (Phi) is 9.91. The maximum Gasteiger partial charge on any atom is 0.223 e. The van der Waals surface area contributed by atoms with Gasteiger partial charge >= 0.3 is 0 Å². The summed E-state index contributed by atoms with van der Waals surface area (Å²) in [5.74, 6) is -1.02. The molecular formula is C30H35N2O3-. The van der Waals surface area contributed by atoms with E-state index in [1.165, 1.54) is 19.3 Å². The van der Waals surface area contributed by atoms with Gasteiger partial charge < -0.3 is 20.5 Å². The third kappa shape index (κ3) is 7.99. The van der Waals surface area contributed by atoms with Crippen LogP contribution in [0.5, 0.6) is 0 Å². The lowest BCUT2D eigenvalue weighted by molar-refractivity contribution is -0.255. The van der Waals surface area contributed by atoms with Crippen LogP contribution in [0.3, 0.4) is 0 Å². The second-order valence-electron chi connectivity index (χ2n) is 9.04. The molecule has 0 fully saturated rings. The van der Waals surface area contributed by atoms with Crippen molar-refractivity contribution in [2.45, 2.75) is 59.0 Å². The van der Waals surface area contributed by atoms with E-state index in [0.29, 0.717) is 18.7 Å². The molecule has 184 valence electrons. The number of anilines is 1. The Labute approximate surface area is 208 Å². The molecule has 3 rings (SSSR count). The molecule has 0 aliphatic heterocycles. The van der Waals surface area contributed by atoms with Crippen molar-refractivity contribution in [3.8, 4) is 11.1 Å². The van der Waals surface area contributed by atoms with E-state index in [4.69, 9.17) is 0 Å². The van der Waals surface area contributed by atoms with Gasteiger partial charge in [0.1, 0.15) is 0 Å². The highest BCUT2D eigenvalue weighted by atomic mass is 16.4. The van der Waals surface area contributed by atoms with E-state index < -0.39 is 5.97 Å². The number of nitrogens with one attached hydrogen (secondary N) is 2. The summed E-state index contributed by atoms with van der Waals surface area (Å²) in [6, 6.07) is 23.1. The third-order valence-electron chi connectivity index (χ3n) is 6.27. The van der Waals surface area contributed by atoms with Gasteiger partial charge in [-0.2, -0.15) is 0 Å². The summed E-state index contributed by atoms with van der Waals surface area (Å²) in [6.45, 7) is 5.11. The lowest BCUT2D eigenvalue weighted by Crippen LogP contribution is -2.28. The molecule has 1 atom stereocenters. The summed E-state index contributed by atoms with van der Waals surface area (Å²) in [5.41, 5.74) is 5.00. The van der Waals surface area contributed by atoms with Gasteiger partial charge in [0, 0.05) is 30.3 Å². The quantitative estimate of drug-likeness (QED) is 0.320. The minimum atomic E-state index is -1.17. The standard InChI is InChI=1S/C30H36N2O3/c1-3-4-5-6-10-22(2)29(33)32-20-23-11-9-13-25(19-23)24-15-17-27(18-16-24)31-21-26-12-7-8-14-28(26)30(34)35/h7-9,11-19,22,31H,3-6,10,20-21H2,1-2H3,(H,32,33)(H,34,35)/p-1. The molecule has 0 saturated carbocycles. The molecule has 5 nitrogen and oxygen atoms in total. The Hall–Kier alpha value is -3.60. The Morgan fingerprint density at radius 1 is 0.857 bits per heavy atom. The highest BCUT2D eigenvalue weighted by molar-refractivity contribution is 5.87. The molecule has 0 radical (unpaired) electrons. The summed E-state index contributed by atoms with van der Waals surface area (Å²) in [5, 5.41) is 17.6. The van der Waals surface area contributed by atoms with Crippen LogP contribution in [0.15, 0.2) is 72.8 Å². The predicted molar refractivity (Wildman–Crippen MR) is 140 cm³/mol. The Morgan fingerprint density at radius 2 is 1.63 bits per heavy atom. The van der Waals surface area contributed by atoms with Gasteiger partial charge in [0.05, 0.1) is 5.97 Å². The number of amides is 1. The normalized spacial score (nSPS) is 11.6. The van der Waals surface area contributed by atoms with Crippen molar-refractivity contribution in [3.05, 3.63) is 89.5 Å². The molecule has 0 aliphatic rings. The lowest BCUT2D eigenvalue weighted by atomic mass is 10.0. The van der Waals surface area contributed by atoms with E-state index in [9.17, 15) is 14.7 Å². The zero-order valence-electron chi connectivity index (χ0n) is 20.7. The Bertz CT molecular complexity index is 1110. The van der Waals surface area contributed by atoms with E-state index >= 15 is 0 Å². The van der Waals surface area contributed by atoms with Gasteiger partial charge in [-0.05, 0) is 46.9 Å². The number of aromatic carboxylic acids is 1. The number of hydrogen-bond acceptors (Lipinski definition) is 4. The van der Waals surface area contributed by atoms with Crippen LogP contribution in [0.25, 0.3) is 11.1 Å². The molecule has 0 saturated heterocycles. The van der Waals surface area contributed by atoms with Crippen molar-refractivity contribution in [2.24, 2.45) is 5.92 Å². The van der Waals surface area contributed by atoms with Gasteiger partial charge in [-0.25, -0.2) is 0 Å². The fraction of sp³-hybridized carbons (Fsp3) is 0.333. The van der Waals surface area contributed by atoms with E-state index in [1.54, 1.807) is 18.2 Å². The molecule has 0 aromatic heterocycles. The van der Waals surface area contributed by atoms with E-state index in [-0.39, 0.29) is 17.4 Å². The highest BCUT2D eigenvalue weighted by Crippen LogP contribution is 2.23. The van der Waals surface area contributed by atoms with Crippen LogP contribution in [0.2, 0.25) is 0 Å². The first kappa shape index (κ1) is 26.0. The summed E-state index contributed by atoms with van der Waals surface area (Å²) in [6.07, 6.45) is 5.67. The van der Waals surface area contributed by atoms with Crippen molar-refractivity contribution in [1.82, 2.24) is 5.32 Å². The summed E-state index contributed by atoms with van der Waals surface area (Å²) in [7, 11) is 0. The first-order valence-corrected chi connectivity index (χ1v) is 12.5. The largest absolute Gasteiger partial charge is 0.545 e. The molecule has 0 spiro atoms. The van der Waals surface area contributed by atoms with Crippen LogP contribution in [-0.4, -0.2) is 11.9 Å². The molecule has 1 unspecified atom stereocenters. The molecular weight excluding hydrogens is 436 g/mol. The van der Waals surface area contributed by atoms with Crippen LogP contribution in [-0.2, 0) is 17.9 Å². The molecule has 2 N–H and O–H groups in total. The predicted octanol–water partition coefficient (Wildman–Crippen LogP) is 5.55. The minimum Gasteiger partial charge on any atom is -0.545 e. The van der Waals surface area contributed by atoms with Crippen molar-refractivity contribution >= 4 is 17.6 Å². The van der Waals surface area contributed by atoms with Gasteiger partial charge in [-0.1, -0.05) is 94.1 Å². The van der Waals surface area contributed by atoms with E-state index in [2.05, 4.69) is 29.7 Å². The molecule has 5 heteroatoms. The number of rotatable bonds is 13. The van der Waals surface area contributed by atoms with Crippen molar-refractivity contribution in [3.63, 3.8) is 0 Å². The molecule has 35 heavy (non-hydrogen) atoms. The number of carboxylic acid groups (broad SMARTS) is 1. The zero-order valence-corrected chi connectivity index (χ0v) is 20.7. The second kappa shape index (κ2) is 13.3. The van der Waals surface area contributed by atoms with E-state index in [0.717, 1.165) is 35.2 Å². The molecule has 3 aromatic carbocycles. The zero-order chi connectivity index (χ0) is 25.0. The summed E-state index contributed by atoms with van der Waals surface area (Å²) < 4.78 is 0. The van der Waals surface area contributed by atoms with Gasteiger partial charge in [-0.15, -0.1) is 0 Å². The van der Waals surface area contributed by atoms with Crippen molar-refractivity contribution in [2.75, 3.05) is 5.32 Å². The van der Waals surface area contributed by atoms with Crippen LogP contribution in [0.4, 0.5) is 5.69 Å². The maximum absolute atomic E-state index is 12.4. The summed E-state index contributed by atoms with van der Waals surface area (Å²) >= 11 is 0. The first-order chi connectivity index (χ1) is 17.0. The molecule has 0 aliphatic carbocycles. The third-order valence-corrected chi connectivity index (χ3v) is 6.27. The SMILES string of the molecule is CCCCCCC(C)C(=O)NCc1cccc(-c2ccc(NCc3ccccc3C(=O)[O-])cc2)c1. The van der Waals surface area contributed by atoms with Crippen molar-refractivity contribution in [1.29, 1.82) is 0 Å². The number of benzene rings is 3. The monoisotopic (exact) mass is 471 g/mol. The molecule has 3 aromatic rings. The van der Waals surface area contributed by atoms with Gasteiger partial charge in [0.15, 0.2) is 0 Å². The molecule has 1 amide bonds. The number of carbonyl (C=O) groups is 2. The average molecular weight is 472 g/mol. The topological polar surface area (TPSA) is 81.3 Å². The lowest BCUT2D eigenvalue weighted by Gasteiger charge is -2.13. The molecule has 0 bridgehead atoms. The first-order valence-electron chi connectivity index (χ1n) is 12.5. The minimum absolute atomic E-state index is 0.0359. The fourth-order valence-corrected chi connectivity index (χ4v) is 4.08. The van der Waals surface area contributed by atoms with Gasteiger partial charge in [0.25, 0.3) is 0 Å².